The minimum atomic E-state index is -0.829. The lowest BCUT2D eigenvalue weighted by atomic mass is 10.5. The van der Waals surface area contributed by atoms with Gasteiger partial charge in [-0.3, -0.25) is 4.21 Å². The molecule has 1 fully saturated rings. The molecule has 18 heavy (non-hydrogen) atoms. The van der Waals surface area contributed by atoms with Crippen LogP contribution in [0, 0.1) is 5.92 Å². The van der Waals surface area contributed by atoms with Gasteiger partial charge in [-0.2, -0.15) is 0 Å². The molecule has 0 aliphatic heterocycles. The molecule has 2 heterocycles. The van der Waals surface area contributed by atoms with E-state index in [-0.39, 0.29) is 0 Å². The molecule has 0 saturated heterocycles. The van der Waals surface area contributed by atoms with E-state index in [2.05, 4.69) is 4.98 Å². The molecule has 3 nitrogen and oxygen atoms in total. The highest BCUT2D eigenvalue weighted by Crippen LogP contribution is 2.30. The minimum Gasteiger partial charge on any atom is -0.304 e. The summed E-state index contributed by atoms with van der Waals surface area (Å²) in [5.41, 5.74) is 1.47. The zero-order valence-electron chi connectivity index (χ0n) is 9.60. The van der Waals surface area contributed by atoms with Crippen molar-refractivity contribution < 1.29 is 4.21 Å². The highest BCUT2D eigenvalue weighted by atomic mass is 35.5. The number of fused-ring (bicyclic) bond motifs is 1. The summed E-state index contributed by atoms with van der Waals surface area (Å²) in [5.74, 6) is 1.95. The molecule has 0 aromatic carbocycles. The molecular weight excluding hydrogens is 291 g/mol. The second kappa shape index (κ2) is 4.83. The quantitative estimate of drug-likeness (QED) is 0.868. The zero-order valence-corrected chi connectivity index (χ0v) is 11.9. The molecule has 0 bridgehead atoms. The van der Waals surface area contributed by atoms with Crippen LogP contribution in [0.3, 0.4) is 0 Å². The zero-order chi connectivity index (χ0) is 12.7. The summed E-state index contributed by atoms with van der Waals surface area (Å²) >= 11 is 12.0. The number of rotatable bonds is 4. The van der Waals surface area contributed by atoms with Crippen LogP contribution in [0.4, 0.5) is 0 Å². The highest BCUT2D eigenvalue weighted by molar-refractivity contribution is 7.84. The van der Waals surface area contributed by atoms with Crippen molar-refractivity contribution in [2.45, 2.75) is 18.6 Å². The smallest absolute Gasteiger partial charge is 0.155 e. The Morgan fingerprint density at radius 1 is 1.39 bits per heavy atom. The third-order valence-electron chi connectivity index (χ3n) is 2.95. The van der Waals surface area contributed by atoms with E-state index in [4.69, 9.17) is 23.2 Å². The fraction of sp³-hybridized carbons (Fsp3) is 0.417. The molecule has 0 radical (unpaired) electrons. The van der Waals surface area contributed by atoms with Gasteiger partial charge < -0.3 is 4.40 Å². The van der Waals surface area contributed by atoms with E-state index >= 15 is 0 Å². The standard InChI is InChI=1S/C12H12Cl2N2OS/c13-9-3-11(14)12-15-10(5-16(12)4-9)7-18(17)6-8-1-2-8/h3-5,8H,1-2,6-7H2. The van der Waals surface area contributed by atoms with Crippen LogP contribution in [-0.4, -0.2) is 19.3 Å². The van der Waals surface area contributed by atoms with Crippen LogP contribution in [0.15, 0.2) is 18.5 Å². The summed E-state index contributed by atoms with van der Waals surface area (Å²) in [7, 11) is -0.829. The van der Waals surface area contributed by atoms with Crippen LogP contribution in [0.2, 0.25) is 10.0 Å². The number of pyridine rings is 1. The number of aromatic nitrogens is 2. The molecule has 2 aromatic heterocycles. The van der Waals surface area contributed by atoms with E-state index in [1.807, 2.05) is 6.20 Å². The van der Waals surface area contributed by atoms with E-state index in [9.17, 15) is 4.21 Å². The monoisotopic (exact) mass is 302 g/mol. The lowest BCUT2D eigenvalue weighted by molar-refractivity contribution is 0.679. The van der Waals surface area contributed by atoms with Gasteiger partial charge >= 0.3 is 0 Å². The van der Waals surface area contributed by atoms with Crippen molar-refractivity contribution in [1.29, 1.82) is 0 Å². The van der Waals surface area contributed by atoms with Gasteiger partial charge in [0.15, 0.2) is 5.65 Å². The fourth-order valence-electron chi connectivity index (χ4n) is 1.92. The van der Waals surface area contributed by atoms with E-state index in [0.29, 0.717) is 27.4 Å². The van der Waals surface area contributed by atoms with Gasteiger partial charge in [-0.05, 0) is 24.8 Å². The first-order valence-electron chi connectivity index (χ1n) is 5.79. The summed E-state index contributed by atoms with van der Waals surface area (Å²) in [6, 6.07) is 1.66. The van der Waals surface area contributed by atoms with Crippen LogP contribution in [0.1, 0.15) is 18.5 Å². The maximum absolute atomic E-state index is 11.9. The Morgan fingerprint density at radius 2 is 2.17 bits per heavy atom. The Hall–Kier alpha value is -0.580. The molecule has 1 aliphatic carbocycles. The van der Waals surface area contributed by atoms with Gasteiger partial charge in [-0.1, -0.05) is 23.2 Å². The number of halogens is 2. The van der Waals surface area contributed by atoms with Crippen molar-refractivity contribution in [3.8, 4) is 0 Å². The molecule has 96 valence electrons. The summed E-state index contributed by atoms with van der Waals surface area (Å²) in [6.07, 6.45) is 6.04. The van der Waals surface area contributed by atoms with Crippen molar-refractivity contribution in [2.75, 3.05) is 5.75 Å². The van der Waals surface area contributed by atoms with Gasteiger partial charge in [0.2, 0.25) is 0 Å². The summed E-state index contributed by atoms with van der Waals surface area (Å²) in [4.78, 5) is 4.40. The Kier molecular flexibility index (Phi) is 3.34. The summed E-state index contributed by atoms with van der Waals surface area (Å²) in [5, 5.41) is 1.08. The number of hydrogen-bond donors (Lipinski definition) is 0. The van der Waals surface area contributed by atoms with Crippen molar-refractivity contribution in [3.05, 3.63) is 34.2 Å². The molecule has 1 atom stereocenters. The average Bonchev–Trinajstić information content (AvgIpc) is 2.98. The average molecular weight is 303 g/mol. The maximum atomic E-state index is 11.9. The molecule has 1 saturated carbocycles. The Balaban J connectivity index is 1.83. The molecular formula is C12H12Cl2N2OS. The third-order valence-corrected chi connectivity index (χ3v) is 4.90. The highest BCUT2D eigenvalue weighted by Gasteiger charge is 2.24. The SMILES string of the molecule is O=S(Cc1cn2cc(Cl)cc(Cl)c2n1)CC1CC1. The van der Waals surface area contributed by atoms with Gasteiger partial charge in [-0.25, -0.2) is 4.98 Å². The second-order valence-corrected chi connectivity index (χ2v) is 7.01. The number of imidazole rings is 1. The van der Waals surface area contributed by atoms with Gasteiger partial charge in [0.05, 0.1) is 21.5 Å². The Bertz CT molecular complexity index is 622. The molecule has 0 spiro atoms. The first-order valence-corrected chi connectivity index (χ1v) is 8.04. The molecule has 2 aromatic rings. The Morgan fingerprint density at radius 3 is 2.89 bits per heavy atom. The summed E-state index contributed by atoms with van der Waals surface area (Å²) < 4.78 is 13.7. The number of nitrogens with zero attached hydrogens (tertiary/aromatic N) is 2. The van der Waals surface area contributed by atoms with Gasteiger partial charge in [0, 0.05) is 28.9 Å². The van der Waals surface area contributed by atoms with Crippen molar-refractivity contribution in [3.63, 3.8) is 0 Å². The van der Waals surface area contributed by atoms with Crippen LogP contribution < -0.4 is 0 Å². The largest absolute Gasteiger partial charge is 0.304 e. The predicted molar refractivity (Wildman–Crippen MR) is 74.6 cm³/mol. The number of hydrogen-bond acceptors (Lipinski definition) is 2. The first-order chi connectivity index (χ1) is 8.61. The third kappa shape index (κ3) is 2.71. The van der Waals surface area contributed by atoms with Gasteiger partial charge in [-0.15, -0.1) is 0 Å². The van der Waals surface area contributed by atoms with Crippen LogP contribution in [0.25, 0.3) is 5.65 Å². The van der Waals surface area contributed by atoms with Crippen LogP contribution in [-0.2, 0) is 16.6 Å². The maximum Gasteiger partial charge on any atom is 0.155 e. The van der Waals surface area contributed by atoms with E-state index in [0.717, 1.165) is 11.4 Å². The van der Waals surface area contributed by atoms with Crippen LogP contribution >= 0.6 is 23.2 Å². The van der Waals surface area contributed by atoms with Crippen molar-refractivity contribution in [2.24, 2.45) is 5.92 Å². The summed E-state index contributed by atoms with van der Waals surface area (Å²) in [6.45, 7) is 0. The molecule has 0 N–H and O–H groups in total. The van der Waals surface area contributed by atoms with E-state index < -0.39 is 10.8 Å². The molecule has 3 rings (SSSR count). The Labute approximate surface area is 118 Å². The van der Waals surface area contributed by atoms with Crippen molar-refractivity contribution in [1.82, 2.24) is 9.38 Å². The molecule has 6 heteroatoms. The lowest BCUT2D eigenvalue weighted by Gasteiger charge is -1.96. The van der Waals surface area contributed by atoms with Gasteiger partial charge in [0.25, 0.3) is 0 Å². The molecule has 0 amide bonds. The predicted octanol–water partition coefficient (Wildman–Crippen LogP) is 3.30. The topological polar surface area (TPSA) is 34.4 Å². The normalized spacial score (nSPS) is 17.2. The van der Waals surface area contributed by atoms with Crippen LogP contribution in [0.5, 0.6) is 0 Å². The van der Waals surface area contributed by atoms with Crippen molar-refractivity contribution >= 4 is 39.6 Å². The minimum absolute atomic E-state index is 0.492. The second-order valence-electron chi connectivity index (χ2n) is 4.66. The van der Waals surface area contributed by atoms with Gasteiger partial charge in [0.1, 0.15) is 0 Å². The first kappa shape index (κ1) is 12.5. The van der Waals surface area contributed by atoms with E-state index in [1.165, 1.54) is 12.8 Å². The lowest BCUT2D eigenvalue weighted by Crippen LogP contribution is -2.02. The van der Waals surface area contributed by atoms with E-state index in [1.54, 1.807) is 16.7 Å². The molecule has 1 aliphatic rings. The molecule has 1 unspecified atom stereocenters. The fourth-order valence-corrected chi connectivity index (χ4v) is 3.89.